The molecule has 1 aromatic rings. The summed E-state index contributed by atoms with van der Waals surface area (Å²) >= 11 is 2.00. The third-order valence-electron chi connectivity index (χ3n) is 2.26. The lowest BCUT2D eigenvalue weighted by Crippen LogP contribution is -2.36. The first-order chi connectivity index (χ1) is 7.54. The van der Waals surface area contributed by atoms with Crippen molar-refractivity contribution in [1.82, 2.24) is 5.32 Å². The van der Waals surface area contributed by atoms with Gasteiger partial charge in [-0.2, -0.15) is 0 Å². The highest BCUT2D eigenvalue weighted by atomic mass is 127. The normalized spacial score (nSPS) is 12.2. The van der Waals surface area contributed by atoms with Crippen LogP contribution in [0.25, 0.3) is 0 Å². The van der Waals surface area contributed by atoms with Gasteiger partial charge in [-0.1, -0.05) is 6.92 Å². The second-order valence-corrected chi connectivity index (χ2v) is 4.71. The third kappa shape index (κ3) is 3.64. The Morgan fingerprint density at radius 3 is 2.88 bits per heavy atom. The van der Waals surface area contributed by atoms with E-state index in [1.165, 1.54) is 6.07 Å². The second-order valence-electron chi connectivity index (χ2n) is 3.54. The van der Waals surface area contributed by atoms with Gasteiger partial charge in [-0.15, -0.1) is 0 Å². The number of halogens is 1. The zero-order valence-corrected chi connectivity index (χ0v) is 11.2. The minimum Gasteiger partial charge on any atom is -0.507 e. The lowest BCUT2D eigenvalue weighted by Gasteiger charge is -2.10. The van der Waals surface area contributed by atoms with Gasteiger partial charge in [0.25, 0.3) is 5.91 Å². The van der Waals surface area contributed by atoms with Gasteiger partial charge in [-0.3, -0.25) is 4.79 Å². The van der Waals surface area contributed by atoms with E-state index in [1.807, 2.05) is 29.5 Å². The van der Waals surface area contributed by atoms with Crippen molar-refractivity contribution in [2.45, 2.75) is 19.4 Å². The topological polar surface area (TPSA) is 75.3 Å². The Kier molecular flexibility index (Phi) is 5.01. The maximum Gasteiger partial charge on any atom is 0.251 e. The van der Waals surface area contributed by atoms with Crippen LogP contribution in [0.1, 0.15) is 23.7 Å². The third-order valence-corrected chi connectivity index (χ3v) is 3.17. The molecule has 0 aliphatic heterocycles. The van der Waals surface area contributed by atoms with Gasteiger partial charge in [0, 0.05) is 18.2 Å². The van der Waals surface area contributed by atoms with Crippen LogP contribution in [0, 0.1) is 3.57 Å². The highest BCUT2D eigenvalue weighted by molar-refractivity contribution is 14.1. The maximum atomic E-state index is 11.6. The molecule has 0 spiro atoms. The van der Waals surface area contributed by atoms with Crippen molar-refractivity contribution >= 4 is 28.5 Å². The van der Waals surface area contributed by atoms with Crippen LogP contribution in [0.5, 0.6) is 5.75 Å². The predicted octanol–water partition coefficient (Wildman–Crippen LogP) is 1.46. The molecule has 5 heteroatoms. The van der Waals surface area contributed by atoms with Crippen molar-refractivity contribution in [3.05, 3.63) is 27.3 Å². The lowest BCUT2D eigenvalue weighted by atomic mass is 10.2. The number of benzene rings is 1. The molecule has 1 amide bonds. The molecular weight excluding hydrogens is 319 g/mol. The molecule has 4 N–H and O–H groups in total. The van der Waals surface area contributed by atoms with Crippen molar-refractivity contribution in [1.29, 1.82) is 0 Å². The zero-order valence-electron chi connectivity index (χ0n) is 9.03. The van der Waals surface area contributed by atoms with E-state index in [-0.39, 0.29) is 17.7 Å². The van der Waals surface area contributed by atoms with Crippen LogP contribution in [-0.4, -0.2) is 23.6 Å². The Hall–Kier alpha value is -0.820. The van der Waals surface area contributed by atoms with E-state index in [4.69, 9.17) is 5.73 Å². The highest BCUT2D eigenvalue weighted by Crippen LogP contribution is 2.20. The van der Waals surface area contributed by atoms with Crippen LogP contribution in [0.2, 0.25) is 0 Å². The first-order valence-electron chi connectivity index (χ1n) is 5.07. The quantitative estimate of drug-likeness (QED) is 0.730. The standard InChI is InChI=1S/C11H15IN2O2/c1-2-8(13)6-14-11(16)7-3-4-9(12)10(15)5-7/h3-5,8,15H,2,6,13H2,1H3,(H,14,16). The van der Waals surface area contributed by atoms with Crippen LogP contribution in [0.3, 0.4) is 0 Å². The lowest BCUT2D eigenvalue weighted by molar-refractivity contribution is 0.0950. The van der Waals surface area contributed by atoms with Crippen LogP contribution in [0.4, 0.5) is 0 Å². The molecule has 4 nitrogen and oxygen atoms in total. The van der Waals surface area contributed by atoms with Gasteiger partial charge in [-0.25, -0.2) is 0 Å². The molecule has 0 heterocycles. The molecule has 1 unspecified atom stereocenters. The summed E-state index contributed by atoms with van der Waals surface area (Å²) in [6.45, 7) is 2.41. The van der Waals surface area contributed by atoms with Crippen LogP contribution >= 0.6 is 22.6 Å². The van der Waals surface area contributed by atoms with Gasteiger partial charge < -0.3 is 16.2 Å². The van der Waals surface area contributed by atoms with Crippen molar-refractivity contribution in [3.63, 3.8) is 0 Å². The fourth-order valence-corrected chi connectivity index (χ4v) is 1.46. The van der Waals surface area contributed by atoms with Gasteiger partial charge in [0.05, 0.1) is 3.57 Å². The molecule has 0 aromatic heterocycles. The number of amides is 1. The number of nitrogens with one attached hydrogen (secondary N) is 1. The van der Waals surface area contributed by atoms with Gasteiger partial charge in [0.2, 0.25) is 0 Å². The summed E-state index contributed by atoms with van der Waals surface area (Å²) < 4.78 is 0.722. The Balaban J connectivity index is 2.63. The average Bonchev–Trinajstić information content (AvgIpc) is 2.29. The molecule has 0 aliphatic carbocycles. The zero-order chi connectivity index (χ0) is 12.1. The molecular formula is C11H15IN2O2. The number of carbonyl (C=O) groups is 1. The number of hydrogen-bond acceptors (Lipinski definition) is 3. The fraction of sp³-hybridized carbons (Fsp3) is 0.364. The molecule has 88 valence electrons. The van der Waals surface area contributed by atoms with E-state index >= 15 is 0 Å². The summed E-state index contributed by atoms with van der Waals surface area (Å²) in [5.41, 5.74) is 6.13. The summed E-state index contributed by atoms with van der Waals surface area (Å²) in [6, 6.07) is 4.80. The van der Waals surface area contributed by atoms with E-state index < -0.39 is 0 Å². The average molecular weight is 334 g/mol. The first-order valence-corrected chi connectivity index (χ1v) is 6.14. The summed E-state index contributed by atoms with van der Waals surface area (Å²) in [5, 5.41) is 12.2. The molecule has 1 rings (SSSR count). The molecule has 16 heavy (non-hydrogen) atoms. The Morgan fingerprint density at radius 1 is 1.62 bits per heavy atom. The summed E-state index contributed by atoms with van der Waals surface area (Å²) in [7, 11) is 0. The number of phenols is 1. The first kappa shape index (κ1) is 13.2. The van der Waals surface area contributed by atoms with Crippen LogP contribution < -0.4 is 11.1 Å². The van der Waals surface area contributed by atoms with Gasteiger partial charge in [0.1, 0.15) is 5.75 Å². The fourth-order valence-electron chi connectivity index (χ4n) is 1.12. The smallest absolute Gasteiger partial charge is 0.251 e. The maximum absolute atomic E-state index is 11.6. The minimum absolute atomic E-state index is 0.0265. The van der Waals surface area contributed by atoms with E-state index in [0.29, 0.717) is 12.1 Å². The molecule has 0 saturated carbocycles. The van der Waals surface area contributed by atoms with Gasteiger partial charge in [0.15, 0.2) is 0 Å². The van der Waals surface area contributed by atoms with Crippen molar-refractivity contribution in [3.8, 4) is 5.75 Å². The molecule has 0 saturated heterocycles. The molecule has 0 aliphatic rings. The molecule has 0 radical (unpaired) electrons. The molecule has 0 bridgehead atoms. The summed E-state index contributed by atoms with van der Waals surface area (Å²) in [4.78, 5) is 11.6. The van der Waals surface area contributed by atoms with E-state index in [9.17, 15) is 9.90 Å². The number of rotatable bonds is 4. The Labute approximate surface area is 108 Å². The highest BCUT2D eigenvalue weighted by Gasteiger charge is 2.08. The minimum atomic E-state index is -0.212. The molecule has 0 fully saturated rings. The van der Waals surface area contributed by atoms with Crippen molar-refractivity contribution < 1.29 is 9.90 Å². The van der Waals surface area contributed by atoms with Crippen LogP contribution in [0.15, 0.2) is 18.2 Å². The van der Waals surface area contributed by atoms with Gasteiger partial charge in [-0.05, 0) is 47.2 Å². The number of aromatic hydroxyl groups is 1. The van der Waals surface area contributed by atoms with Crippen molar-refractivity contribution in [2.75, 3.05) is 6.54 Å². The number of carbonyl (C=O) groups excluding carboxylic acids is 1. The number of phenolic OH excluding ortho intramolecular Hbond substituents is 1. The summed E-state index contributed by atoms with van der Waals surface area (Å²) in [5.74, 6) is -0.0939. The molecule has 1 atom stereocenters. The second kappa shape index (κ2) is 6.05. The van der Waals surface area contributed by atoms with Gasteiger partial charge >= 0.3 is 0 Å². The van der Waals surface area contributed by atoms with Crippen molar-refractivity contribution in [2.24, 2.45) is 5.73 Å². The Bertz CT molecular complexity index is 382. The number of nitrogens with two attached hydrogens (primary N) is 1. The molecule has 1 aromatic carbocycles. The van der Waals surface area contributed by atoms with Crippen LogP contribution in [-0.2, 0) is 0 Å². The SMILES string of the molecule is CCC(N)CNC(=O)c1ccc(I)c(O)c1. The largest absolute Gasteiger partial charge is 0.507 e. The van der Waals surface area contributed by atoms with E-state index in [0.717, 1.165) is 9.99 Å². The summed E-state index contributed by atoms with van der Waals surface area (Å²) in [6.07, 6.45) is 0.818. The van der Waals surface area contributed by atoms with E-state index in [2.05, 4.69) is 5.32 Å². The monoisotopic (exact) mass is 334 g/mol. The number of hydrogen-bond donors (Lipinski definition) is 3. The Morgan fingerprint density at radius 2 is 2.31 bits per heavy atom. The van der Waals surface area contributed by atoms with E-state index in [1.54, 1.807) is 12.1 Å². The predicted molar refractivity (Wildman–Crippen MR) is 71.4 cm³/mol.